The highest BCUT2D eigenvalue weighted by Gasteiger charge is 2.09. The highest BCUT2D eigenvalue weighted by Crippen LogP contribution is 2.20. The number of hydrogen-bond donors (Lipinski definition) is 4. The molecule has 0 bridgehead atoms. The van der Waals surface area contributed by atoms with Gasteiger partial charge in [0.1, 0.15) is 36.9 Å². The van der Waals surface area contributed by atoms with Gasteiger partial charge in [0, 0.05) is 24.5 Å². The first-order chi connectivity index (χ1) is 16.3. The summed E-state index contributed by atoms with van der Waals surface area (Å²) in [5.74, 6) is 1.30. The lowest BCUT2D eigenvalue weighted by molar-refractivity contribution is 0.115. The molecule has 0 fully saturated rings. The Morgan fingerprint density at radius 2 is 1.00 bits per heavy atom. The van der Waals surface area contributed by atoms with Gasteiger partial charge < -0.3 is 30.3 Å². The lowest BCUT2D eigenvalue weighted by Crippen LogP contribution is -2.26. The van der Waals surface area contributed by atoms with Gasteiger partial charge in [0.05, 0.1) is 0 Å². The molecule has 0 aliphatic rings. The van der Waals surface area contributed by atoms with Crippen molar-refractivity contribution in [2.45, 2.75) is 39.9 Å². The summed E-state index contributed by atoms with van der Waals surface area (Å²) in [4.78, 5) is 0. The first-order valence-electron chi connectivity index (χ1n) is 11.6. The lowest BCUT2D eigenvalue weighted by Gasteiger charge is -2.17. The minimum absolute atomic E-state index is 0.181. The van der Waals surface area contributed by atoms with E-state index in [1.165, 1.54) is 11.1 Å². The standard InChI is InChI=1S/C28H36N2O4/c1-19-5-7-21(3)27(13-19)29-15-23(31)17-33-25-9-11-26(12-10-25)34-18-24(32)16-30-28-14-20(2)6-8-22(28)4/h5-14,23-24,29-32H,15-18H2,1-4H3/t23-,24-/m0/s1. The highest BCUT2D eigenvalue weighted by molar-refractivity contribution is 5.53. The van der Waals surface area contributed by atoms with E-state index in [1.807, 2.05) is 27.7 Å². The van der Waals surface area contributed by atoms with Crippen molar-refractivity contribution < 1.29 is 19.7 Å². The monoisotopic (exact) mass is 464 g/mol. The van der Waals surface area contributed by atoms with Gasteiger partial charge in [-0.05, 0) is 86.3 Å². The molecule has 0 heterocycles. The molecule has 3 aromatic carbocycles. The molecule has 0 saturated carbocycles. The molecule has 0 amide bonds. The van der Waals surface area contributed by atoms with Gasteiger partial charge in [-0.25, -0.2) is 0 Å². The average molecular weight is 465 g/mol. The van der Waals surface area contributed by atoms with E-state index in [4.69, 9.17) is 9.47 Å². The fourth-order valence-corrected chi connectivity index (χ4v) is 3.44. The van der Waals surface area contributed by atoms with E-state index in [9.17, 15) is 10.2 Å². The fourth-order valence-electron chi connectivity index (χ4n) is 3.44. The maximum absolute atomic E-state index is 10.3. The third-order valence-corrected chi connectivity index (χ3v) is 5.55. The van der Waals surface area contributed by atoms with Crippen molar-refractivity contribution in [3.8, 4) is 11.5 Å². The van der Waals surface area contributed by atoms with E-state index < -0.39 is 12.2 Å². The van der Waals surface area contributed by atoms with E-state index in [0.29, 0.717) is 24.6 Å². The first-order valence-corrected chi connectivity index (χ1v) is 11.6. The van der Waals surface area contributed by atoms with E-state index in [-0.39, 0.29) is 13.2 Å². The van der Waals surface area contributed by atoms with Crippen LogP contribution in [0.5, 0.6) is 11.5 Å². The van der Waals surface area contributed by atoms with Crippen molar-refractivity contribution in [1.29, 1.82) is 0 Å². The third-order valence-electron chi connectivity index (χ3n) is 5.55. The number of nitrogens with one attached hydrogen (secondary N) is 2. The average Bonchev–Trinajstić information content (AvgIpc) is 2.83. The van der Waals surface area contributed by atoms with Crippen LogP contribution >= 0.6 is 0 Å². The van der Waals surface area contributed by atoms with Gasteiger partial charge in [0.2, 0.25) is 0 Å². The molecule has 3 rings (SSSR count). The van der Waals surface area contributed by atoms with Crippen LogP contribution in [0.2, 0.25) is 0 Å². The zero-order valence-corrected chi connectivity index (χ0v) is 20.5. The lowest BCUT2D eigenvalue weighted by atomic mass is 10.1. The number of ether oxygens (including phenoxy) is 2. The number of rotatable bonds is 12. The molecule has 0 saturated heterocycles. The van der Waals surface area contributed by atoms with E-state index in [2.05, 4.69) is 47.0 Å². The van der Waals surface area contributed by atoms with E-state index in [0.717, 1.165) is 22.5 Å². The smallest absolute Gasteiger partial charge is 0.119 e. The van der Waals surface area contributed by atoms with Gasteiger partial charge in [-0.15, -0.1) is 0 Å². The predicted octanol–water partition coefficient (Wildman–Crippen LogP) is 4.62. The predicted molar refractivity (Wildman–Crippen MR) is 138 cm³/mol. The van der Waals surface area contributed by atoms with Crippen LogP contribution in [0.3, 0.4) is 0 Å². The number of benzene rings is 3. The van der Waals surface area contributed by atoms with Crippen LogP contribution in [0.1, 0.15) is 22.3 Å². The third kappa shape index (κ3) is 7.97. The van der Waals surface area contributed by atoms with E-state index in [1.54, 1.807) is 24.3 Å². The van der Waals surface area contributed by atoms with Gasteiger partial charge >= 0.3 is 0 Å². The molecule has 0 aliphatic heterocycles. The van der Waals surface area contributed by atoms with Crippen LogP contribution in [0.15, 0.2) is 60.7 Å². The second kappa shape index (κ2) is 12.3. The largest absolute Gasteiger partial charge is 0.491 e. The Labute approximate surface area is 202 Å². The van der Waals surface area contributed by atoms with Gasteiger partial charge in [0.25, 0.3) is 0 Å². The van der Waals surface area contributed by atoms with Gasteiger partial charge in [-0.3, -0.25) is 0 Å². The summed E-state index contributed by atoms with van der Waals surface area (Å²) in [6, 6.07) is 19.6. The summed E-state index contributed by atoms with van der Waals surface area (Å²) in [7, 11) is 0. The SMILES string of the molecule is Cc1ccc(C)c(NC[C@H](O)COc2ccc(OC[C@@H](O)CNc3cc(C)ccc3C)cc2)c1. The Hall–Kier alpha value is -3.22. The molecule has 2 atom stereocenters. The highest BCUT2D eigenvalue weighted by atomic mass is 16.5. The summed E-state index contributed by atoms with van der Waals surface area (Å²) in [5, 5.41) is 27.0. The molecule has 182 valence electrons. The summed E-state index contributed by atoms with van der Waals surface area (Å²) in [6.45, 7) is 9.33. The van der Waals surface area contributed by atoms with Crippen LogP contribution in [-0.4, -0.2) is 48.7 Å². The molecule has 6 heteroatoms. The number of hydrogen-bond acceptors (Lipinski definition) is 6. The Balaban J connectivity index is 1.37. The molecule has 34 heavy (non-hydrogen) atoms. The van der Waals surface area contributed by atoms with Crippen LogP contribution in [0.25, 0.3) is 0 Å². The van der Waals surface area contributed by atoms with Gasteiger partial charge in [-0.1, -0.05) is 24.3 Å². The molecule has 0 unspecified atom stereocenters. The number of anilines is 2. The summed E-state index contributed by atoms with van der Waals surface area (Å²) in [6.07, 6.45) is -1.29. The minimum atomic E-state index is -0.643. The number of aliphatic hydroxyl groups excluding tert-OH is 2. The minimum Gasteiger partial charge on any atom is -0.491 e. The van der Waals surface area contributed by atoms with Crippen molar-refractivity contribution in [3.05, 3.63) is 82.9 Å². The van der Waals surface area contributed by atoms with Crippen molar-refractivity contribution in [3.63, 3.8) is 0 Å². The van der Waals surface area contributed by atoms with Crippen LogP contribution < -0.4 is 20.1 Å². The molecule has 3 aromatic rings. The normalized spacial score (nSPS) is 12.6. The molecule has 4 N–H and O–H groups in total. The maximum atomic E-state index is 10.3. The topological polar surface area (TPSA) is 83.0 Å². The molecular formula is C28H36N2O4. The summed E-state index contributed by atoms with van der Waals surface area (Å²) < 4.78 is 11.4. The van der Waals surface area contributed by atoms with Gasteiger partial charge in [0.15, 0.2) is 0 Å². The molecular weight excluding hydrogens is 428 g/mol. The Morgan fingerprint density at radius 3 is 1.38 bits per heavy atom. The van der Waals surface area contributed by atoms with E-state index >= 15 is 0 Å². The van der Waals surface area contributed by atoms with Crippen molar-refractivity contribution in [1.82, 2.24) is 0 Å². The molecule has 0 spiro atoms. The van der Waals surface area contributed by atoms with Crippen molar-refractivity contribution >= 4 is 11.4 Å². The van der Waals surface area contributed by atoms with Crippen LogP contribution in [0.4, 0.5) is 11.4 Å². The molecule has 6 nitrogen and oxygen atoms in total. The van der Waals surface area contributed by atoms with Crippen LogP contribution in [-0.2, 0) is 0 Å². The Morgan fingerprint density at radius 1 is 0.618 bits per heavy atom. The first kappa shape index (κ1) is 25.4. The molecule has 0 aromatic heterocycles. The zero-order chi connectivity index (χ0) is 24.5. The maximum Gasteiger partial charge on any atom is 0.119 e. The fraction of sp³-hybridized carbons (Fsp3) is 0.357. The van der Waals surface area contributed by atoms with Gasteiger partial charge in [-0.2, -0.15) is 0 Å². The second-order valence-electron chi connectivity index (χ2n) is 8.80. The van der Waals surface area contributed by atoms with Crippen LogP contribution in [0, 0.1) is 27.7 Å². The van der Waals surface area contributed by atoms with Crippen molar-refractivity contribution in [2.75, 3.05) is 36.9 Å². The molecule has 0 radical (unpaired) electrons. The quantitative estimate of drug-likeness (QED) is 0.313. The second-order valence-corrected chi connectivity index (χ2v) is 8.80. The van der Waals surface area contributed by atoms with Crippen molar-refractivity contribution in [2.24, 2.45) is 0 Å². The summed E-state index contributed by atoms with van der Waals surface area (Å²) >= 11 is 0. The summed E-state index contributed by atoms with van der Waals surface area (Å²) in [5.41, 5.74) is 6.66. The number of aliphatic hydroxyl groups is 2. The number of aryl methyl sites for hydroxylation is 4. The Kier molecular flexibility index (Phi) is 9.19. The molecule has 0 aliphatic carbocycles. The zero-order valence-electron chi connectivity index (χ0n) is 20.5. The Bertz CT molecular complexity index is 968.